The van der Waals surface area contributed by atoms with Gasteiger partial charge in [-0.3, -0.25) is 14.6 Å². The van der Waals surface area contributed by atoms with Crippen LogP contribution in [0.1, 0.15) is 29.3 Å². The molecule has 2 heterocycles. The molecule has 0 bridgehead atoms. The molecule has 3 aromatic rings. The van der Waals surface area contributed by atoms with E-state index in [1.807, 2.05) is 51.1 Å². The molecule has 0 spiro atoms. The lowest BCUT2D eigenvalue weighted by Crippen LogP contribution is -2.49. The molecule has 1 aliphatic rings. The number of carbonyl (C=O) groups excluding carboxylic acids is 2. The van der Waals surface area contributed by atoms with Crippen LogP contribution in [0.25, 0.3) is 11.3 Å². The number of nitrogens with zero attached hydrogens (tertiary/aromatic N) is 4. The minimum Gasteiger partial charge on any atom is -0.376 e. The number of benzene rings is 2. The Labute approximate surface area is 222 Å². The summed E-state index contributed by atoms with van der Waals surface area (Å²) in [5.41, 5.74) is 4.90. The van der Waals surface area contributed by atoms with Crippen LogP contribution in [-0.2, 0) is 22.7 Å². The van der Waals surface area contributed by atoms with Crippen molar-refractivity contribution >= 4 is 17.5 Å². The fraction of sp³-hybridized carbons (Fsp3) is 0.393. The lowest BCUT2D eigenvalue weighted by molar-refractivity contribution is -0.151. The minimum absolute atomic E-state index is 0.0310. The molecule has 9 nitrogen and oxygen atoms in total. The number of amides is 2. The van der Waals surface area contributed by atoms with E-state index in [0.717, 1.165) is 34.6 Å². The van der Waals surface area contributed by atoms with Crippen LogP contribution in [0.5, 0.6) is 0 Å². The number of hydrazine groups is 1. The Morgan fingerprint density at radius 2 is 1.95 bits per heavy atom. The van der Waals surface area contributed by atoms with Crippen LogP contribution < -0.4 is 10.6 Å². The number of likely N-dealkylation sites (N-methyl/N-ethyl adjacent to an activating group) is 2. The standard InChI is InChI=1S/C28H35FN6O3/c1-5-30-11-12-34(18-28(37)33(4)35-16-22-7-6-8-24(29)23(22)17-35)27(36)15-31-25-14-21(10-9-19(25)2)26-13-20(3)32-38-26/h6-10,13-14,30-31H,5,11-12,15-18H2,1-4H3. The van der Waals surface area contributed by atoms with Crippen LogP contribution in [0.3, 0.4) is 0 Å². The average Bonchev–Trinajstić information content (AvgIpc) is 3.54. The summed E-state index contributed by atoms with van der Waals surface area (Å²) in [5.74, 6) is -0.0402. The highest BCUT2D eigenvalue weighted by Gasteiger charge is 2.28. The number of carbonyl (C=O) groups is 2. The quantitative estimate of drug-likeness (QED) is 0.373. The summed E-state index contributed by atoms with van der Waals surface area (Å²) in [6.07, 6.45) is 0. The number of hydrogen-bond acceptors (Lipinski definition) is 7. The van der Waals surface area contributed by atoms with Gasteiger partial charge in [-0.2, -0.15) is 0 Å². The van der Waals surface area contributed by atoms with E-state index in [1.165, 1.54) is 11.1 Å². The Hall–Kier alpha value is -3.76. The van der Waals surface area contributed by atoms with E-state index in [0.29, 0.717) is 37.5 Å². The number of fused-ring (bicyclic) bond motifs is 1. The normalized spacial score (nSPS) is 12.9. The van der Waals surface area contributed by atoms with Crippen LogP contribution in [0, 0.1) is 19.7 Å². The smallest absolute Gasteiger partial charge is 0.256 e. The molecular formula is C28H35FN6O3. The molecule has 2 N–H and O–H groups in total. The van der Waals surface area contributed by atoms with E-state index in [2.05, 4.69) is 15.8 Å². The minimum atomic E-state index is -0.267. The summed E-state index contributed by atoms with van der Waals surface area (Å²) < 4.78 is 19.6. The van der Waals surface area contributed by atoms with Gasteiger partial charge in [0.15, 0.2) is 5.76 Å². The molecule has 0 saturated heterocycles. The monoisotopic (exact) mass is 522 g/mol. The van der Waals surface area contributed by atoms with Crippen LogP contribution in [0.4, 0.5) is 10.1 Å². The van der Waals surface area contributed by atoms with Crippen molar-refractivity contribution in [3.8, 4) is 11.3 Å². The molecular weight excluding hydrogens is 487 g/mol. The molecule has 2 amide bonds. The zero-order chi connectivity index (χ0) is 27.2. The van der Waals surface area contributed by atoms with Gasteiger partial charge >= 0.3 is 0 Å². The third-order valence-corrected chi connectivity index (χ3v) is 6.76. The average molecular weight is 523 g/mol. The number of anilines is 1. The van der Waals surface area contributed by atoms with Crippen molar-refractivity contribution in [3.05, 3.63) is 70.7 Å². The third kappa shape index (κ3) is 6.38. The van der Waals surface area contributed by atoms with Crippen molar-refractivity contribution in [1.29, 1.82) is 0 Å². The first-order chi connectivity index (χ1) is 18.3. The zero-order valence-electron chi connectivity index (χ0n) is 22.4. The van der Waals surface area contributed by atoms with Gasteiger partial charge in [-0.05, 0) is 43.7 Å². The highest BCUT2D eigenvalue weighted by atomic mass is 19.1. The summed E-state index contributed by atoms with van der Waals surface area (Å²) in [6.45, 7) is 8.25. The van der Waals surface area contributed by atoms with Crippen molar-refractivity contribution < 1.29 is 18.5 Å². The Morgan fingerprint density at radius 1 is 1.13 bits per heavy atom. The van der Waals surface area contributed by atoms with Crippen LogP contribution >= 0.6 is 0 Å². The van der Waals surface area contributed by atoms with E-state index in [4.69, 9.17) is 4.52 Å². The second kappa shape index (κ2) is 12.2. The molecule has 0 fully saturated rings. The summed E-state index contributed by atoms with van der Waals surface area (Å²) in [5, 5.41) is 13.7. The van der Waals surface area contributed by atoms with Gasteiger partial charge in [-0.1, -0.05) is 36.3 Å². The maximum Gasteiger partial charge on any atom is 0.256 e. The van der Waals surface area contributed by atoms with E-state index in [9.17, 15) is 14.0 Å². The molecule has 0 aliphatic carbocycles. The van der Waals surface area contributed by atoms with Gasteiger partial charge in [0.05, 0.1) is 12.2 Å². The Kier molecular flexibility index (Phi) is 8.75. The summed E-state index contributed by atoms with van der Waals surface area (Å²) in [6, 6.07) is 12.7. The molecule has 4 rings (SSSR count). The number of aromatic nitrogens is 1. The van der Waals surface area contributed by atoms with Crippen molar-refractivity contribution in [2.45, 2.75) is 33.9 Å². The van der Waals surface area contributed by atoms with E-state index >= 15 is 0 Å². The van der Waals surface area contributed by atoms with Gasteiger partial charge < -0.3 is 20.1 Å². The lowest BCUT2D eigenvalue weighted by atomic mass is 10.1. The second-order valence-corrected chi connectivity index (χ2v) is 9.50. The SMILES string of the molecule is CCNCCN(CC(=O)N(C)N1Cc2cccc(F)c2C1)C(=O)CNc1cc(-c2cc(C)no2)ccc1C. The largest absolute Gasteiger partial charge is 0.376 e. The predicted molar refractivity (Wildman–Crippen MR) is 143 cm³/mol. The number of hydrogen-bond donors (Lipinski definition) is 2. The van der Waals surface area contributed by atoms with Gasteiger partial charge in [-0.25, -0.2) is 9.40 Å². The van der Waals surface area contributed by atoms with Crippen LogP contribution in [-0.4, -0.2) is 71.7 Å². The van der Waals surface area contributed by atoms with Gasteiger partial charge in [0.2, 0.25) is 5.91 Å². The molecule has 0 radical (unpaired) electrons. The fourth-order valence-corrected chi connectivity index (χ4v) is 4.43. The van der Waals surface area contributed by atoms with Gasteiger partial charge in [0.25, 0.3) is 5.91 Å². The summed E-state index contributed by atoms with van der Waals surface area (Å²) in [7, 11) is 1.66. The highest BCUT2D eigenvalue weighted by molar-refractivity contribution is 5.87. The fourth-order valence-electron chi connectivity index (χ4n) is 4.43. The number of aryl methyl sites for hydroxylation is 2. The first-order valence-electron chi connectivity index (χ1n) is 12.8. The zero-order valence-corrected chi connectivity index (χ0v) is 22.4. The Morgan fingerprint density at radius 3 is 2.66 bits per heavy atom. The molecule has 202 valence electrons. The van der Waals surface area contributed by atoms with Crippen molar-refractivity contribution in [1.82, 2.24) is 25.4 Å². The van der Waals surface area contributed by atoms with E-state index in [1.54, 1.807) is 23.0 Å². The molecule has 1 aromatic heterocycles. The first kappa shape index (κ1) is 27.3. The van der Waals surface area contributed by atoms with Crippen molar-refractivity contribution in [2.75, 3.05) is 45.1 Å². The molecule has 10 heteroatoms. The Balaban J connectivity index is 1.40. The molecule has 0 saturated carbocycles. The molecule has 2 aromatic carbocycles. The van der Waals surface area contributed by atoms with Gasteiger partial charge in [-0.15, -0.1) is 0 Å². The number of rotatable bonds is 11. The maximum absolute atomic E-state index is 14.2. The van der Waals surface area contributed by atoms with Gasteiger partial charge in [0.1, 0.15) is 12.4 Å². The van der Waals surface area contributed by atoms with Crippen LogP contribution in [0.2, 0.25) is 0 Å². The number of nitrogens with one attached hydrogen (secondary N) is 2. The second-order valence-electron chi connectivity index (χ2n) is 9.50. The first-order valence-corrected chi connectivity index (χ1v) is 12.8. The Bertz CT molecular complexity index is 1290. The lowest BCUT2D eigenvalue weighted by Gasteiger charge is -2.31. The van der Waals surface area contributed by atoms with Crippen molar-refractivity contribution in [3.63, 3.8) is 0 Å². The molecule has 38 heavy (non-hydrogen) atoms. The maximum atomic E-state index is 14.2. The molecule has 0 unspecified atom stereocenters. The third-order valence-electron chi connectivity index (χ3n) is 6.76. The highest BCUT2D eigenvalue weighted by Crippen LogP contribution is 2.27. The summed E-state index contributed by atoms with van der Waals surface area (Å²) in [4.78, 5) is 28.0. The summed E-state index contributed by atoms with van der Waals surface area (Å²) >= 11 is 0. The van der Waals surface area contributed by atoms with Crippen molar-refractivity contribution in [2.24, 2.45) is 0 Å². The predicted octanol–water partition coefficient (Wildman–Crippen LogP) is 3.34. The topological polar surface area (TPSA) is 94.0 Å². The molecule has 0 atom stereocenters. The van der Waals surface area contributed by atoms with Crippen LogP contribution in [0.15, 0.2) is 47.0 Å². The van der Waals surface area contributed by atoms with E-state index < -0.39 is 0 Å². The van der Waals surface area contributed by atoms with Gasteiger partial charge in [0, 0.05) is 56.1 Å². The number of halogens is 1. The van der Waals surface area contributed by atoms with E-state index in [-0.39, 0.29) is 30.7 Å². The molecule has 1 aliphatic heterocycles.